The van der Waals surface area contributed by atoms with Gasteiger partial charge in [0.15, 0.2) is 23.0 Å². The Morgan fingerprint density at radius 1 is 0.812 bits per heavy atom. The van der Waals surface area contributed by atoms with Crippen LogP contribution < -0.4 is 38.2 Å². The van der Waals surface area contributed by atoms with E-state index in [4.69, 9.17) is 40.0 Å². The Morgan fingerprint density at radius 2 is 1.54 bits per heavy atom. The standard InChI is InChI=1S/C34H36ClN3O9S/c1-6-46-33-17-23(10-13-31(33)47-22-24-8-7-9-25(35)16-24)20-36-37-34(39)21-38(28-18-26(42-2)11-14-29(28)43-3)48(40,41)27-12-15-30(44-4)32(19-27)45-5/h7-20H,6,21-22H2,1-5H3,(H,37,39)/b36-20-. The molecule has 0 bridgehead atoms. The van der Waals surface area contributed by atoms with Gasteiger partial charge in [-0.1, -0.05) is 23.7 Å². The first-order valence-electron chi connectivity index (χ1n) is 14.6. The third kappa shape index (κ3) is 8.81. The van der Waals surface area contributed by atoms with Gasteiger partial charge in [0.25, 0.3) is 15.9 Å². The maximum atomic E-state index is 14.1. The highest BCUT2D eigenvalue weighted by atomic mass is 35.5. The molecule has 4 aromatic rings. The first-order valence-corrected chi connectivity index (χ1v) is 16.4. The van der Waals surface area contributed by atoms with Crippen LogP contribution in [-0.2, 0) is 21.4 Å². The van der Waals surface area contributed by atoms with E-state index < -0.39 is 22.5 Å². The molecule has 0 aliphatic carbocycles. The van der Waals surface area contributed by atoms with E-state index in [1.54, 1.807) is 36.4 Å². The van der Waals surface area contributed by atoms with Gasteiger partial charge in [-0.05, 0) is 72.6 Å². The molecule has 0 saturated carbocycles. The van der Waals surface area contributed by atoms with E-state index in [-0.39, 0.29) is 28.7 Å². The molecule has 1 N–H and O–H groups in total. The summed E-state index contributed by atoms with van der Waals surface area (Å²) in [6.07, 6.45) is 1.40. The number of amides is 1. The van der Waals surface area contributed by atoms with Crippen molar-refractivity contribution < 1.29 is 41.6 Å². The smallest absolute Gasteiger partial charge is 0.265 e. The third-order valence-electron chi connectivity index (χ3n) is 6.84. The lowest BCUT2D eigenvalue weighted by Crippen LogP contribution is -2.39. The average Bonchev–Trinajstić information content (AvgIpc) is 3.09. The van der Waals surface area contributed by atoms with Crippen LogP contribution in [-0.4, -0.2) is 62.1 Å². The average molecular weight is 698 g/mol. The van der Waals surface area contributed by atoms with E-state index >= 15 is 0 Å². The Bertz CT molecular complexity index is 1870. The predicted octanol–water partition coefficient (Wildman–Crippen LogP) is 5.70. The molecule has 14 heteroatoms. The molecule has 0 unspecified atom stereocenters. The second-order valence-electron chi connectivity index (χ2n) is 9.92. The number of carbonyl (C=O) groups excluding carboxylic acids is 1. The summed E-state index contributed by atoms with van der Waals surface area (Å²) in [5, 5.41) is 4.66. The molecule has 0 heterocycles. The minimum atomic E-state index is -4.37. The quantitative estimate of drug-likeness (QED) is 0.116. The number of sulfonamides is 1. The van der Waals surface area contributed by atoms with Crippen molar-refractivity contribution in [3.05, 3.63) is 95.0 Å². The number of ether oxygens (including phenoxy) is 6. The molecule has 254 valence electrons. The zero-order valence-corrected chi connectivity index (χ0v) is 28.6. The van der Waals surface area contributed by atoms with E-state index in [0.29, 0.717) is 40.2 Å². The second kappa shape index (κ2) is 16.6. The molecule has 0 aliphatic heterocycles. The summed E-state index contributed by atoms with van der Waals surface area (Å²) in [5.41, 5.74) is 3.96. The molecule has 0 fully saturated rings. The summed E-state index contributed by atoms with van der Waals surface area (Å²) < 4.78 is 62.1. The van der Waals surface area contributed by atoms with Crippen molar-refractivity contribution in [1.82, 2.24) is 5.43 Å². The first-order chi connectivity index (χ1) is 23.1. The van der Waals surface area contributed by atoms with Crippen LogP contribution in [0.3, 0.4) is 0 Å². The Hall–Kier alpha value is -5.14. The van der Waals surface area contributed by atoms with Gasteiger partial charge in [-0.15, -0.1) is 0 Å². The van der Waals surface area contributed by atoms with Crippen LogP contribution in [0, 0.1) is 0 Å². The van der Waals surface area contributed by atoms with Gasteiger partial charge in [0.05, 0.1) is 51.8 Å². The third-order valence-corrected chi connectivity index (χ3v) is 8.83. The minimum absolute atomic E-state index is 0.0699. The fraction of sp³-hybridized carbons (Fsp3) is 0.235. The number of halogens is 1. The number of nitrogens with one attached hydrogen (secondary N) is 1. The molecule has 0 radical (unpaired) electrons. The Labute approximate surface area is 284 Å². The van der Waals surface area contributed by atoms with Gasteiger partial charge in [0, 0.05) is 17.2 Å². The molecule has 12 nitrogen and oxygen atoms in total. The molecule has 0 atom stereocenters. The van der Waals surface area contributed by atoms with E-state index in [1.165, 1.54) is 58.9 Å². The summed E-state index contributed by atoms with van der Waals surface area (Å²) >= 11 is 6.08. The van der Waals surface area contributed by atoms with E-state index in [1.807, 2.05) is 25.1 Å². The van der Waals surface area contributed by atoms with Crippen molar-refractivity contribution in [3.63, 3.8) is 0 Å². The van der Waals surface area contributed by atoms with Crippen molar-refractivity contribution in [2.45, 2.75) is 18.4 Å². The van der Waals surface area contributed by atoms with Crippen molar-refractivity contribution in [3.8, 4) is 34.5 Å². The molecule has 48 heavy (non-hydrogen) atoms. The van der Waals surface area contributed by atoms with Crippen molar-refractivity contribution in [2.24, 2.45) is 5.10 Å². The normalized spacial score (nSPS) is 11.1. The minimum Gasteiger partial charge on any atom is -0.497 e. The van der Waals surface area contributed by atoms with Crippen molar-refractivity contribution >= 4 is 39.4 Å². The summed E-state index contributed by atoms with van der Waals surface area (Å²) in [5.74, 6) is 1.33. The van der Waals surface area contributed by atoms with Gasteiger partial charge in [-0.25, -0.2) is 13.8 Å². The van der Waals surface area contributed by atoms with Crippen molar-refractivity contribution in [2.75, 3.05) is 45.9 Å². The highest BCUT2D eigenvalue weighted by molar-refractivity contribution is 7.92. The number of benzene rings is 4. The Kier molecular flexibility index (Phi) is 12.4. The topological polar surface area (TPSA) is 134 Å². The summed E-state index contributed by atoms with van der Waals surface area (Å²) in [4.78, 5) is 13.1. The first kappa shape index (κ1) is 35.7. The maximum absolute atomic E-state index is 14.1. The maximum Gasteiger partial charge on any atom is 0.265 e. The molecular weight excluding hydrogens is 662 g/mol. The van der Waals surface area contributed by atoms with Gasteiger partial charge >= 0.3 is 0 Å². The fourth-order valence-electron chi connectivity index (χ4n) is 4.52. The number of anilines is 1. The summed E-state index contributed by atoms with van der Waals surface area (Å²) in [6.45, 7) is 1.87. The van der Waals surface area contributed by atoms with Crippen LogP contribution in [0.4, 0.5) is 5.69 Å². The van der Waals surface area contributed by atoms with Gasteiger partial charge in [0.2, 0.25) is 0 Å². The van der Waals surface area contributed by atoms with Crippen LogP contribution in [0.1, 0.15) is 18.1 Å². The molecule has 4 rings (SSSR count). The summed E-state index contributed by atoms with van der Waals surface area (Å²) in [6, 6.07) is 21.2. The number of hydrogen-bond acceptors (Lipinski definition) is 10. The molecule has 0 spiro atoms. The second-order valence-corrected chi connectivity index (χ2v) is 12.2. The van der Waals surface area contributed by atoms with Gasteiger partial charge in [0.1, 0.15) is 24.7 Å². The number of methoxy groups -OCH3 is 4. The highest BCUT2D eigenvalue weighted by Crippen LogP contribution is 2.37. The molecular formula is C34H36ClN3O9S. The molecule has 4 aromatic carbocycles. The van der Waals surface area contributed by atoms with Crippen LogP contribution in [0.2, 0.25) is 5.02 Å². The number of nitrogens with zero attached hydrogens (tertiary/aromatic N) is 2. The summed E-state index contributed by atoms with van der Waals surface area (Å²) in [7, 11) is 1.28. The number of rotatable bonds is 16. The van der Waals surface area contributed by atoms with E-state index in [0.717, 1.165) is 9.87 Å². The zero-order valence-electron chi connectivity index (χ0n) is 27.1. The zero-order chi connectivity index (χ0) is 34.7. The lowest BCUT2D eigenvalue weighted by molar-refractivity contribution is -0.119. The van der Waals surface area contributed by atoms with Crippen LogP contribution in [0.15, 0.2) is 88.9 Å². The fourth-order valence-corrected chi connectivity index (χ4v) is 6.17. The lowest BCUT2D eigenvalue weighted by atomic mass is 10.2. The predicted molar refractivity (Wildman–Crippen MR) is 183 cm³/mol. The van der Waals surface area contributed by atoms with Crippen LogP contribution in [0.25, 0.3) is 0 Å². The Balaban J connectivity index is 1.57. The number of carbonyl (C=O) groups is 1. The highest BCUT2D eigenvalue weighted by Gasteiger charge is 2.31. The van der Waals surface area contributed by atoms with Gasteiger partial charge in [-0.3, -0.25) is 9.10 Å². The molecule has 0 aliphatic rings. The lowest BCUT2D eigenvalue weighted by Gasteiger charge is -2.26. The number of hydrogen-bond donors (Lipinski definition) is 1. The van der Waals surface area contributed by atoms with Gasteiger partial charge in [-0.2, -0.15) is 5.10 Å². The molecule has 1 amide bonds. The molecule has 0 saturated heterocycles. The largest absolute Gasteiger partial charge is 0.497 e. The van der Waals surface area contributed by atoms with Gasteiger partial charge < -0.3 is 28.4 Å². The van der Waals surface area contributed by atoms with E-state index in [9.17, 15) is 13.2 Å². The van der Waals surface area contributed by atoms with Crippen molar-refractivity contribution in [1.29, 1.82) is 0 Å². The monoisotopic (exact) mass is 697 g/mol. The Morgan fingerprint density at radius 3 is 2.23 bits per heavy atom. The SMILES string of the molecule is CCOc1cc(/C=N\NC(=O)CN(c2cc(OC)ccc2OC)S(=O)(=O)c2ccc(OC)c(OC)c2)ccc1OCc1cccc(Cl)c1. The van der Waals surface area contributed by atoms with Crippen LogP contribution >= 0.6 is 11.6 Å². The molecule has 0 aromatic heterocycles. The number of hydrazone groups is 1. The van der Waals surface area contributed by atoms with Crippen LogP contribution in [0.5, 0.6) is 34.5 Å². The van der Waals surface area contributed by atoms with E-state index in [2.05, 4.69) is 10.5 Å².